The summed E-state index contributed by atoms with van der Waals surface area (Å²) < 4.78 is 46.7. The Morgan fingerprint density at radius 3 is 2.13 bits per heavy atom. The molecule has 0 aromatic carbocycles. The van der Waals surface area contributed by atoms with Crippen LogP contribution in [-0.4, -0.2) is 50.4 Å². The molecule has 0 radical (unpaired) electrons. The first-order chi connectivity index (χ1) is 6.76. The second-order valence-corrected chi connectivity index (χ2v) is 8.91. The van der Waals surface area contributed by atoms with Crippen LogP contribution in [0.25, 0.3) is 0 Å². The molecule has 0 heterocycles. The Morgan fingerprint density at radius 2 is 1.80 bits per heavy atom. The van der Waals surface area contributed by atoms with Crippen LogP contribution >= 0.6 is 15.9 Å². The summed E-state index contributed by atoms with van der Waals surface area (Å²) in [6.45, 7) is 0.336. The fourth-order valence-corrected chi connectivity index (χ4v) is 5.69. The predicted octanol–water partition coefficient (Wildman–Crippen LogP) is 0.178. The van der Waals surface area contributed by atoms with Crippen molar-refractivity contribution in [3.05, 3.63) is 0 Å². The molecule has 0 aromatic heterocycles. The van der Waals surface area contributed by atoms with E-state index in [1.807, 2.05) is 0 Å². The Kier molecular flexibility index (Phi) is 4.19. The molecule has 0 atom stereocenters. The highest BCUT2D eigenvalue weighted by molar-refractivity contribution is 9.09. The lowest BCUT2D eigenvalue weighted by Crippen LogP contribution is -2.38. The normalized spacial score (nSPS) is 18.3. The van der Waals surface area contributed by atoms with Crippen molar-refractivity contribution in [1.82, 2.24) is 4.31 Å². The number of halogens is 1. The van der Waals surface area contributed by atoms with E-state index in [1.54, 1.807) is 0 Å². The Morgan fingerprint density at radius 1 is 1.27 bits per heavy atom. The third-order valence-corrected chi connectivity index (χ3v) is 6.43. The van der Waals surface area contributed by atoms with Crippen LogP contribution in [0.4, 0.5) is 0 Å². The summed E-state index contributed by atoms with van der Waals surface area (Å²) >= 11 is 3.16. The van der Waals surface area contributed by atoms with E-state index in [-0.39, 0.29) is 6.04 Å². The van der Waals surface area contributed by atoms with Crippen LogP contribution in [0.1, 0.15) is 12.8 Å². The zero-order valence-corrected chi connectivity index (χ0v) is 11.6. The van der Waals surface area contributed by atoms with Crippen LogP contribution < -0.4 is 0 Å². The highest BCUT2D eigenvalue weighted by Crippen LogP contribution is 2.29. The van der Waals surface area contributed by atoms with E-state index in [0.717, 1.165) is 19.1 Å². The third kappa shape index (κ3) is 4.38. The number of hydrogen-bond donors (Lipinski definition) is 0. The lowest BCUT2D eigenvalue weighted by atomic mass is 10.6. The second kappa shape index (κ2) is 4.68. The van der Waals surface area contributed by atoms with Gasteiger partial charge >= 0.3 is 0 Å². The molecule has 15 heavy (non-hydrogen) atoms. The van der Waals surface area contributed by atoms with Crippen molar-refractivity contribution in [3.8, 4) is 0 Å². The van der Waals surface area contributed by atoms with Crippen molar-refractivity contribution >= 4 is 35.8 Å². The first-order valence-electron chi connectivity index (χ1n) is 4.49. The molecule has 0 amide bonds. The number of hydrogen-bond acceptors (Lipinski definition) is 4. The van der Waals surface area contributed by atoms with Crippen LogP contribution in [-0.2, 0) is 19.9 Å². The number of sulfonamides is 1. The first-order valence-corrected chi connectivity index (χ1v) is 9.28. The van der Waals surface area contributed by atoms with Gasteiger partial charge in [0.2, 0.25) is 10.0 Å². The van der Waals surface area contributed by atoms with Gasteiger partial charge in [-0.05, 0) is 12.8 Å². The number of alkyl halides is 1. The third-order valence-electron chi connectivity index (χ3n) is 1.98. The molecule has 1 aliphatic carbocycles. The maximum atomic E-state index is 11.7. The zero-order chi connectivity index (χ0) is 11.7. The molecule has 0 unspecified atom stereocenters. The monoisotopic (exact) mass is 319 g/mol. The maximum Gasteiger partial charge on any atom is 0.228 e. The van der Waals surface area contributed by atoms with Gasteiger partial charge in [-0.1, -0.05) is 15.9 Å². The zero-order valence-electron chi connectivity index (χ0n) is 8.39. The molecule has 1 rings (SSSR count). The van der Waals surface area contributed by atoms with E-state index < -0.39 is 24.9 Å². The summed E-state index contributed by atoms with van der Waals surface area (Å²) in [7, 11) is -7.16. The molecule has 90 valence electrons. The highest BCUT2D eigenvalue weighted by atomic mass is 79.9. The summed E-state index contributed by atoms with van der Waals surface area (Å²) in [6.07, 6.45) is 2.59. The van der Waals surface area contributed by atoms with E-state index in [4.69, 9.17) is 0 Å². The molecule has 1 fully saturated rings. The number of sulfone groups is 1. The summed E-state index contributed by atoms with van der Waals surface area (Å²) in [4.78, 5) is 0. The fourth-order valence-electron chi connectivity index (χ4n) is 1.33. The fraction of sp³-hybridized carbons (Fsp3) is 1.00. The van der Waals surface area contributed by atoms with Crippen molar-refractivity contribution in [2.45, 2.75) is 18.9 Å². The topological polar surface area (TPSA) is 71.5 Å². The minimum absolute atomic E-state index is 0.00861. The van der Waals surface area contributed by atoms with Gasteiger partial charge in [0.15, 0.2) is 14.9 Å². The van der Waals surface area contributed by atoms with Gasteiger partial charge in [0.25, 0.3) is 0 Å². The number of nitrogens with zero attached hydrogens (tertiary/aromatic N) is 1. The molecule has 5 nitrogen and oxygen atoms in total. The van der Waals surface area contributed by atoms with Gasteiger partial charge in [0, 0.05) is 24.2 Å². The average molecular weight is 320 g/mol. The maximum absolute atomic E-state index is 11.7. The van der Waals surface area contributed by atoms with Gasteiger partial charge in [-0.15, -0.1) is 0 Å². The van der Waals surface area contributed by atoms with Crippen LogP contribution in [0.15, 0.2) is 0 Å². The van der Waals surface area contributed by atoms with E-state index >= 15 is 0 Å². The SMILES string of the molecule is CS(=O)(=O)CS(=O)(=O)N(CCBr)C1CC1. The van der Waals surface area contributed by atoms with Gasteiger partial charge in [-0.25, -0.2) is 16.8 Å². The van der Waals surface area contributed by atoms with Gasteiger partial charge < -0.3 is 0 Å². The van der Waals surface area contributed by atoms with Crippen molar-refractivity contribution in [1.29, 1.82) is 0 Å². The molecule has 1 aliphatic rings. The molecule has 0 aliphatic heterocycles. The largest absolute Gasteiger partial charge is 0.228 e. The van der Waals surface area contributed by atoms with Crippen LogP contribution in [0, 0.1) is 0 Å². The molecule has 0 aromatic rings. The molecule has 0 bridgehead atoms. The highest BCUT2D eigenvalue weighted by Gasteiger charge is 2.37. The van der Waals surface area contributed by atoms with E-state index in [0.29, 0.717) is 11.9 Å². The summed E-state index contributed by atoms with van der Waals surface area (Å²) in [6, 6.07) is 0.00861. The Labute approximate surface area is 98.9 Å². The van der Waals surface area contributed by atoms with Crippen molar-refractivity contribution in [3.63, 3.8) is 0 Å². The van der Waals surface area contributed by atoms with Crippen molar-refractivity contribution in [2.75, 3.05) is 23.2 Å². The minimum atomic E-state index is -3.66. The molecular weight excluding hydrogens is 306 g/mol. The standard InChI is InChI=1S/C7H14BrNO4S2/c1-14(10,11)6-15(12,13)9(5-4-8)7-2-3-7/h7H,2-6H2,1H3. The molecule has 0 saturated heterocycles. The Balaban J connectivity index is 2.81. The molecule has 8 heteroatoms. The van der Waals surface area contributed by atoms with Crippen molar-refractivity contribution in [2.24, 2.45) is 0 Å². The lowest BCUT2D eigenvalue weighted by Gasteiger charge is -2.19. The Hall–Kier alpha value is 0.340. The first kappa shape index (κ1) is 13.4. The second-order valence-electron chi connectivity index (χ2n) is 3.69. The van der Waals surface area contributed by atoms with Gasteiger partial charge in [-0.2, -0.15) is 4.31 Å². The van der Waals surface area contributed by atoms with Crippen molar-refractivity contribution < 1.29 is 16.8 Å². The van der Waals surface area contributed by atoms with Gasteiger partial charge in [0.05, 0.1) is 0 Å². The quantitative estimate of drug-likeness (QED) is 0.655. The Bertz CT molecular complexity index is 412. The molecule has 0 N–H and O–H groups in total. The summed E-state index contributed by atoms with van der Waals surface area (Å²) in [5.74, 6) is 0. The van der Waals surface area contributed by atoms with Crippen LogP contribution in [0.2, 0.25) is 0 Å². The van der Waals surface area contributed by atoms with Gasteiger partial charge in [-0.3, -0.25) is 0 Å². The number of rotatable bonds is 6. The average Bonchev–Trinajstić information content (AvgIpc) is 2.77. The minimum Gasteiger partial charge on any atom is -0.228 e. The van der Waals surface area contributed by atoms with E-state index in [9.17, 15) is 16.8 Å². The summed E-state index contributed by atoms with van der Waals surface area (Å²) in [5.41, 5.74) is 0. The summed E-state index contributed by atoms with van der Waals surface area (Å²) in [5, 5.41) is -0.268. The lowest BCUT2D eigenvalue weighted by molar-refractivity contribution is 0.427. The van der Waals surface area contributed by atoms with E-state index in [2.05, 4.69) is 15.9 Å². The molecular formula is C7H14BrNO4S2. The van der Waals surface area contributed by atoms with Crippen LogP contribution in [0.3, 0.4) is 0 Å². The molecule has 0 spiro atoms. The van der Waals surface area contributed by atoms with Crippen LogP contribution in [0.5, 0.6) is 0 Å². The van der Waals surface area contributed by atoms with E-state index in [1.165, 1.54) is 4.31 Å². The van der Waals surface area contributed by atoms with Gasteiger partial charge in [0.1, 0.15) is 0 Å². The molecule has 1 saturated carbocycles. The smallest absolute Gasteiger partial charge is 0.228 e. The predicted molar refractivity (Wildman–Crippen MR) is 62.2 cm³/mol.